The summed E-state index contributed by atoms with van der Waals surface area (Å²) in [6, 6.07) is 8.92. The summed E-state index contributed by atoms with van der Waals surface area (Å²) in [4.78, 5) is 2.20. The number of likely N-dealkylation sites (N-methyl/N-ethyl adjacent to an activating group) is 1. The molecule has 2 N–H and O–H groups in total. The summed E-state index contributed by atoms with van der Waals surface area (Å²) in [5, 5.41) is 1.30. The third-order valence-corrected chi connectivity index (χ3v) is 3.44. The molecule has 0 atom stereocenters. The van der Waals surface area contributed by atoms with Crippen LogP contribution in [-0.4, -0.2) is 30.1 Å². The first kappa shape index (κ1) is 13.1. The number of hydrogen-bond donors (Lipinski definition) is 1. The van der Waals surface area contributed by atoms with Crippen molar-refractivity contribution in [2.24, 2.45) is 5.73 Å². The molecule has 0 fully saturated rings. The number of rotatable bonds is 5. The molecule has 1 aromatic carbocycles. The second kappa shape index (κ2) is 5.55. The van der Waals surface area contributed by atoms with Crippen LogP contribution in [0.1, 0.15) is 18.2 Å². The summed E-state index contributed by atoms with van der Waals surface area (Å²) >= 11 is 0. The largest absolute Gasteiger partial charge is 0.342 e. The molecule has 2 aromatic rings. The van der Waals surface area contributed by atoms with Crippen LogP contribution in [0.2, 0.25) is 0 Å². The van der Waals surface area contributed by atoms with Gasteiger partial charge in [-0.3, -0.25) is 0 Å². The Balaban J connectivity index is 2.45. The van der Waals surface area contributed by atoms with Crippen LogP contribution < -0.4 is 5.73 Å². The first-order valence-corrected chi connectivity index (χ1v) is 6.61. The number of nitrogens with zero attached hydrogens (tertiary/aromatic N) is 2. The number of aryl methyl sites for hydroxylation is 1. The summed E-state index contributed by atoms with van der Waals surface area (Å²) < 4.78 is 2.36. The zero-order chi connectivity index (χ0) is 13.1. The number of aromatic nitrogens is 1. The van der Waals surface area contributed by atoms with Crippen LogP contribution in [0.4, 0.5) is 0 Å². The summed E-state index contributed by atoms with van der Waals surface area (Å²) in [6.45, 7) is 4.82. The first-order valence-electron chi connectivity index (χ1n) is 6.61. The van der Waals surface area contributed by atoms with E-state index in [0.717, 1.165) is 19.5 Å². The molecule has 1 aromatic heterocycles. The van der Waals surface area contributed by atoms with Gasteiger partial charge in [-0.1, -0.05) is 19.1 Å². The Morgan fingerprint density at radius 1 is 1.22 bits per heavy atom. The van der Waals surface area contributed by atoms with Gasteiger partial charge in [0, 0.05) is 30.8 Å². The van der Waals surface area contributed by atoms with Gasteiger partial charge in [0.1, 0.15) is 0 Å². The van der Waals surface area contributed by atoms with E-state index in [1.54, 1.807) is 0 Å². The predicted octanol–water partition coefficient (Wildman–Crippen LogP) is 2.22. The molecule has 0 unspecified atom stereocenters. The fourth-order valence-electron chi connectivity index (χ4n) is 2.31. The molecule has 18 heavy (non-hydrogen) atoms. The van der Waals surface area contributed by atoms with Crippen molar-refractivity contribution in [1.29, 1.82) is 0 Å². The zero-order valence-corrected chi connectivity index (χ0v) is 11.6. The minimum atomic E-state index is 0.601. The van der Waals surface area contributed by atoms with Gasteiger partial charge in [0.05, 0.1) is 0 Å². The van der Waals surface area contributed by atoms with Gasteiger partial charge in [-0.2, -0.15) is 0 Å². The second-order valence-electron chi connectivity index (χ2n) is 5.04. The van der Waals surface area contributed by atoms with E-state index in [4.69, 9.17) is 5.73 Å². The molecule has 0 saturated heterocycles. The summed E-state index contributed by atoms with van der Waals surface area (Å²) in [5.74, 6) is 0. The van der Waals surface area contributed by atoms with Gasteiger partial charge >= 0.3 is 0 Å². The van der Waals surface area contributed by atoms with Crippen LogP contribution >= 0.6 is 0 Å². The van der Waals surface area contributed by atoms with E-state index in [2.05, 4.69) is 54.8 Å². The average molecular weight is 245 g/mol. The molecule has 2 rings (SSSR count). The highest BCUT2D eigenvalue weighted by Gasteiger charge is 2.08. The molecule has 0 aliphatic carbocycles. The molecular formula is C15H23N3. The maximum Gasteiger partial charge on any atom is 0.0486 e. The Morgan fingerprint density at radius 3 is 2.61 bits per heavy atom. The Labute approximate surface area is 109 Å². The highest BCUT2D eigenvalue weighted by atomic mass is 15.1. The van der Waals surface area contributed by atoms with Crippen molar-refractivity contribution in [2.45, 2.75) is 26.4 Å². The molecule has 0 aliphatic rings. The highest BCUT2D eigenvalue weighted by Crippen LogP contribution is 2.21. The van der Waals surface area contributed by atoms with E-state index in [9.17, 15) is 0 Å². The Kier molecular flexibility index (Phi) is 4.04. The van der Waals surface area contributed by atoms with Crippen LogP contribution in [0, 0.1) is 0 Å². The lowest BCUT2D eigenvalue weighted by Gasteiger charge is -2.14. The SMILES string of the molecule is CCc1ccc2cc(CN)n(CCN(C)C)c2c1. The standard InChI is InChI=1S/C15H23N3/c1-4-12-5-6-13-10-14(11-16)18(15(13)9-12)8-7-17(2)3/h5-6,9-10H,4,7-8,11,16H2,1-3H3. The summed E-state index contributed by atoms with van der Waals surface area (Å²) in [6.07, 6.45) is 1.08. The summed E-state index contributed by atoms with van der Waals surface area (Å²) in [7, 11) is 4.20. The minimum absolute atomic E-state index is 0.601. The van der Waals surface area contributed by atoms with Crippen molar-refractivity contribution in [1.82, 2.24) is 9.47 Å². The number of benzene rings is 1. The van der Waals surface area contributed by atoms with Crippen molar-refractivity contribution >= 4 is 10.9 Å². The smallest absolute Gasteiger partial charge is 0.0486 e. The predicted molar refractivity (Wildman–Crippen MR) is 77.8 cm³/mol. The molecule has 0 spiro atoms. The van der Waals surface area contributed by atoms with Gasteiger partial charge in [0.25, 0.3) is 0 Å². The Morgan fingerprint density at radius 2 is 2.00 bits per heavy atom. The molecule has 0 saturated carbocycles. The van der Waals surface area contributed by atoms with E-state index in [1.807, 2.05) is 0 Å². The Bertz CT molecular complexity index is 526. The number of nitrogens with two attached hydrogens (primary N) is 1. The number of fused-ring (bicyclic) bond motifs is 1. The second-order valence-corrected chi connectivity index (χ2v) is 5.04. The van der Waals surface area contributed by atoms with E-state index in [0.29, 0.717) is 6.54 Å². The molecule has 3 nitrogen and oxygen atoms in total. The van der Waals surface area contributed by atoms with E-state index in [1.165, 1.54) is 22.2 Å². The van der Waals surface area contributed by atoms with E-state index >= 15 is 0 Å². The molecular weight excluding hydrogens is 222 g/mol. The van der Waals surface area contributed by atoms with Gasteiger partial charge in [0.2, 0.25) is 0 Å². The monoisotopic (exact) mass is 245 g/mol. The van der Waals surface area contributed by atoms with Gasteiger partial charge < -0.3 is 15.2 Å². The Hall–Kier alpha value is -1.32. The van der Waals surface area contributed by atoms with Gasteiger partial charge in [-0.15, -0.1) is 0 Å². The maximum absolute atomic E-state index is 5.86. The highest BCUT2D eigenvalue weighted by molar-refractivity contribution is 5.82. The van der Waals surface area contributed by atoms with Crippen molar-refractivity contribution in [3.63, 3.8) is 0 Å². The first-order chi connectivity index (χ1) is 8.65. The normalized spacial score (nSPS) is 11.6. The van der Waals surface area contributed by atoms with Crippen molar-refractivity contribution in [3.05, 3.63) is 35.5 Å². The van der Waals surface area contributed by atoms with Crippen LogP contribution in [0.15, 0.2) is 24.3 Å². The van der Waals surface area contributed by atoms with Crippen LogP contribution in [0.3, 0.4) is 0 Å². The van der Waals surface area contributed by atoms with Crippen LogP contribution in [0.25, 0.3) is 10.9 Å². The van der Waals surface area contributed by atoms with E-state index in [-0.39, 0.29) is 0 Å². The lowest BCUT2D eigenvalue weighted by molar-refractivity contribution is 0.384. The molecule has 3 heteroatoms. The summed E-state index contributed by atoms with van der Waals surface area (Å²) in [5.41, 5.74) is 9.78. The van der Waals surface area contributed by atoms with Crippen molar-refractivity contribution in [3.8, 4) is 0 Å². The lowest BCUT2D eigenvalue weighted by Crippen LogP contribution is -2.20. The zero-order valence-electron chi connectivity index (χ0n) is 11.6. The third-order valence-electron chi connectivity index (χ3n) is 3.44. The molecule has 0 bridgehead atoms. The van der Waals surface area contributed by atoms with E-state index < -0.39 is 0 Å². The minimum Gasteiger partial charge on any atom is -0.342 e. The van der Waals surface area contributed by atoms with Gasteiger partial charge in [-0.25, -0.2) is 0 Å². The van der Waals surface area contributed by atoms with Crippen LogP contribution in [0.5, 0.6) is 0 Å². The fraction of sp³-hybridized carbons (Fsp3) is 0.467. The van der Waals surface area contributed by atoms with Crippen molar-refractivity contribution in [2.75, 3.05) is 20.6 Å². The topological polar surface area (TPSA) is 34.2 Å². The van der Waals surface area contributed by atoms with Crippen molar-refractivity contribution < 1.29 is 0 Å². The third kappa shape index (κ3) is 2.57. The lowest BCUT2D eigenvalue weighted by atomic mass is 10.1. The maximum atomic E-state index is 5.86. The van der Waals surface area contributed by atoms with Crippen LogP contribution in [-0.2, 0) is 19.5 Å². The molecule has 1 heterocycles. The number of hydrogen-bond acceptors (Lipinski definition) is 2. The molecule has 98 valence electrons. The fourth-order valence-corrected chi connectivity index (χ4v) is 2.31. The quantitative estimate of drug-likeness (QED) is 0.876. The molecule has 0 amide bonds. The van der Waals surface area contributed by atoms with Gasteiger partial charge in [-0.05, 0) is 43.6 Å². The molecule has 0 radical (unpaired) electrons. The van der Waals surface area contributed by atoms with Gasteiger partial charge in [0.15, 0.2) is 0 Å². The average Bonchev–Trinajstić information content (AvgIpc) is 2.72. The molecule has 0 aliphatic heterocycles.